The van der Waals surface area contributed by atoms with Crippen LogP contribution in [0, 0.1) is 0 Å². The monoisotopic (exact) mass is 273 g/mol. The van der Waals surface area contributed by atoms with Crippen LogP contribution in [0.1, 0.15) is 51.9 Å². The van der Waals surface area contributed by atoms with Gasteiger partial charge in [-0.15, -0.1) is 0 Å². The van der Waals surface area contributed by atoms with E-state index in [1.807, 2.05) is 31.2 Å². The van der Waals surface area contributed by atoms with Crippen LogP contribution >= 0.6 is 0 Å². The highest BCUT2D eigenvalue weighted by atomic mass is 16.1. The molecule has 20 heavy (non-hydrogen) atoms. The van der Waals surface area contributed by atoms with Gasteiger partial charge in [0.25, 0.3) is 0 Å². The Morgan fingerprint density at radius 1 is 1.15 bits per heavy atom. The third-order valence-electron chi connectivity index (χ3n) is 4.68. The molecule has 2 heteroatoms. The summed E-state index contributed by atoms with van der Waals surface area (Å²) in [5, 5.41) is 0. The van der Waals surface area contributed by atoms with Crippen molar-refractivity contribution in [2.75, 3.05) is 13.1 Å². The van der Waals surface area contributed by atoms with E-state index in [9.17, 15) is 4.79 Å². The summed E-state index contributed by atoms with van der Waals surface area (Å²) in [5.41, 5.74) is 0.582. The molecule has 0 amide bonds. The van der Waals surface area contributed by atoms with E-state index in [4.69, 9.17) is 0 Å². The van der Waals surface area contributed by atoms with Crippen LogP contribution in [0.4, 0.5) is 0 Å². The number of nitrogens with zero attached hydrogens (tertiary/aromatic N) is 1. The molecule has 1 saturated heterocycles. The molecule has 1 heterocycles. The molecule has 1 aliphatic heterocycles. The average molecular weight is 273 g/mol. The maximum Gasteiger partial charge on any atom is 0.157 e. The van der Waals surface area contributed by atoms with E-state index in [0.717, 1.165) is 37.9 Å². The van der Waals surface area contributed by atoms with E-state index in [-0.39, 0.29) is 0 Å². The summed E-state index contributed by atoms with van der Waals surface area (Å²) < 4.78 is 0. The first-order valence-corrected chi connectivity index (χ1v) is 7.99. The zero-order valence-electron chi connectivity index (χ0n) is 12.7. The van der Waals surface area contributed by atoms with Gasteiger partial charge in [-0.3, -0.25) is 9.69 Å². The number of likely N-dealkylation sites (tertiary alicyclic amines) is 1. The third kappa shape index (κ3) is 2.95. The van der Waals surface area contributed by atoms with Crippen LogP contribution in [0.25, 0.3) is 0 Å². The summed E-state index contributed by atoms with van der Waals surface area (Å²) in [4.78, 5) is 15.2. The number of carbonyl (C=O) groups is 1. The molecule has 0 spiro atoms. The number of hydrogen-bond acceptors (Lipinski definition) is 2. The second-order valence-electron chi connectivity index (χ2n) is 5.95. The van der Waals surface area contributed by atoms with Crippen LogP contribution in [0.2, 0.25) is 0 Å². The van der Waals surface area contributed by atoms with E-state index in [0.29, 0.717) is 12.2 Å². The fraction of sp³-hybridized carbons (Fsp3) is 0.611. The van der Waals surface area contributed by atoms with Gasteiger partial charge < -0.3 is 0 Å². The van der Waals surface area contributed by atoms with Gasteiger partial charge in [0, 0.05) is 6.42 Å². The van der Waals surface area contributed by atoms with Gasteiger partial charge in [-0.05, 0) is 51.3 Å². The summed E-state index contributed by atoms with van der Waals surface area (Å²) >= 11 is 0. The number of carbonyl (C=O) groups excluding carboxylic acids is 1. The molecule has 0 radical (unpaired) electrons. The Labute approximate surface area is 123 Å². The Morgan fingerprint density at radius 3 is 2.55 bits per heavy atom. The molecule has 110 valence electrons. The zero-order valence-corrected chi connectivity index (χ0v) is 12.7. The van der Waals surface area contributed by atoms with Gasteiger partial charge in [0.1, 0.15) is 5.54 Å². The average Bonchev–Trinajstić information content (AvgIpc) is 2.49. The smallest absolute Gasteiger partial charge is 0.157 e. The third-order valence-corrected chi connectivity index (χ3v) is 4.68. The molecular formula is C18H27NO. The van der Waals surface area contributed by atoms with Gasteiger partial charge in [-0.1, -0.05) is 43.7 Å². The molecule has 0 aromatic rings. The standard InChI is InChI=1S/C18H27NO/c1-3-4-6-11-16(2)18(13-8-7-12-17(18)20)19-14-9-5-10-15-19/h3-4,6,11H,2,5,7-10,12-15H2,1H3/b4-3-,11-6-/t18-/m0/s1. The second kappa shape index (κ2) is 7.03. The number of rotatable bonds is 4. The van der Waals surface area contributed by atoms with Gasteiger partial charge in [-0.2, -0.15) is 0 Å². The Kier molecular flexibility index (Phi) is 5.36. The van der Waals surface area contributed by atoms with Crippen LogP contribution in [-0.4, -0.2) is 29.3 Å². The van der Waals surface area contributed by atoms with Crippen molar-refractivity contribution in [2.45, 2.75) is 57.4 Å². The molecule has 0 bridgehead atoms. The Balaban J connectivity index is 2.27. The van der Waals surface area contributed by atoms with Crippen molar-refractivity contribution in [3.05, 3.63) is 36.5 Å². The van der Waals surface area contributed by atoms with E-state index in [1.54, 1.807) is 0 Å². The molecule has 2 nitrogen and oxygen atoms in total. The molecule has 0 unspecified atom stereocenters. The number of Topliss-reactive ketones (excluding diaryl/α,β-unsaturated/α-hetero) is 1. The van der Waals surface area contributed by atoms with Crippen molar-refractivity contribution in [3.8, 4) is 0 Å². The summed E-state index contributed by atoms with van der Waals surface area (Å²) in [5.74, 6) is 0.390. The minimum atomic E-state index is -0.406. The van der Waals surface area contributed by atoms with Gasteiger partial charge >= 0.3 is 0 Å². The van der Waals surface area contributed by atoms with Crippen LogP contribution < -0.4 is 0 Å². The highest BCUT2D eigenvalue weighted by molar-refractivity contribution is 5.93. The second-order valence-corrected chi connectivity index (χ2v) is 5.95. The predicted molar refractivity (Wildman–Crippen MR) is 84.7 cm³/mol. The zero-order chi connectivity index (χ0) is 14.4. The highest BCUT2D eigenvalue weighted by Gasteiger charge is 2.46. The summed E-state index contributed by atoms with van der Waals surface area (Å²) in [6, 6.07) is 0. The van der Waals surface area contributed by atoms with Crippen molar-refractivity contribution >= 4 is 5.78 Å². The fourth-order valence-corrected chi connectivity index (χ4v) is 3.59. The number of hydrogen-bond donors (Lipinski definition) is 0. The first kappa shape index (κ1) is 15.2. The minimum Gasteiger partial charge on any atom is -0.297 e. The molecule has 0 N–H and O–H groups in total. The lowest BCUT2D eigenvalue weighted by molar-refractivity contribution is -0.132. The molecule has 1 atom stereocenters. The van der Waals surface area contributed by atoms with Crippen molar-refractivity contribution in [1.82, 2.24) is 4.90 Å². The van der Waals surface area contributed by atoms with Crippen molar-refractivity contribution in [1.29, 1.82) is 0 Å². The van der Waals surface area contributed by atoms with Gasteiger partial charge in [-0.25, -0.2) is 0 Å². The molecule has 2 fully saturated rings. The van der Waals surface area contributed by atoms with Crippen molar-refractivity contribution < 1.29 is 4.79 Å². The van der Waals surface area contributed by atoms with Crippen molar-refractivity contribution in [3.63, 3.8) is 0 Å². The topological polar surface area (TPSA) is 20.3 Å². The molecular weight excluding hydrogens is 246 g/mol. The molecule has 1 aliphatic carbocycles. The lowest BCUT2D eigenvalue weighted by Gasteiger charge is -2.47. The van der Waals surface area contributed by atoms with Crippen LogP contribution in [0.5, 0.6) is 0 Å². The molecule has 0 aromatic heterocycles. The van der Waals surface area contributed by atoms with Crippen LogP contribution in [-0.2, 0) is 4.79 Å². The maximum absolute atomic E-state index is 12.7. The predicted octanol–water partition coefficient (Wildman–Crippen LogP) is 4.04. The van der Waals surface area contributed by atoms with Crippen LogP contribution in [0.15, 0.2) is 36.5 Å². The largest absolute Gasteiger partial charge is 0.297 e. The first-order chi connectivity index (χ1) is 9.71. The molecule has 2 aliphatic rings. The van der Waals surface area contributed by atoms with E-state index in [2.05, 4.69) is 11.5 Å². The Bertz CT molecular complexity index is 415. The van der Waals surface area contributed by atoms with Gasteiger partial charge in [0.05, 0.1) is 0 Å². The van der Waals surface area contributed by atoms with Crippen LogP contribution in [0.3, 0.4) is 0 Å². The fourth-order valence-electron chi connectivity index (χ4n) is 3.59. The minimum absolute atomic E-state index is 0.390. The number of allylic oxidation sites excluding steroid dienone is 3. The SMILES string of the molecule is C=C(/C=C\C=C/C)[C@@]1(N2CCCCC2)CCCCC1=O. The van der Waals surface area contributed by atoms with Crippen molar-refractivity contribution in [2.24, 2.45) is 0 Å². The van der Waals surface area contributed by atoms with E-state index < -0.39 is 5.54 Å². The lowest BCUT2D eigenvalue weighted by atomic mass is 9.73. The van der Waals surface area contributed by atoms with E-state index in [1.165, 1.54) is 19.3 Å². The Hall–Kier alpha value is -1.15. The maximum atomic E-state index is 12.7. The number of ketones is 1. The quantitative estimate of drug-likeness (QED) is 0.720. The molecule has 0 aromatic carbocycles. The van der Waals surface area contributed by atoms with Gasteiger partial charge in [0.15, 0.2) is 5.78 Å². The highest BCUT2D eigenvalue weighted by Crippen LogP contribution is 2.38. The lowest BCUT2D eigenvalue weighted by Crippen LogP contribution is -2.58. The first-order valence-electron chi connectivity index (χ1n) is 7.99. The normalized spacial score (nSPS) is 29.4. The molecule has 2 rings (SSSR count). The summed E-state index contributed by atoms with van der Waals surface area (Å²) in [6.45, 7) is 8.35. The summed E-state index contributed by atoms with van der Waals surface area (Å²) in [6.07, 6.45) is 15.6. The summed E-state index contributed by atoms with van der Waals surface area (Å²) in [7, 11) is 0. The molecule has 1 saturated carbocycles. The number of piperidine rings is 1. The van der Waals surface area contributed by atoms with E-state index >= 15 is 0 Å². The van der Waals surface area contributed by atoms with Gasteiger partial charge in [0.2, 0.25) is 0 Å². The Morgan fingerprint density at radius 2 is 1.90 bits per heavy atom.